The van der Waals surface area contributed by atoms with Crippen molar-refractivity contribution in [3.63, 3.8) is 0 Å². The number of β-amino-alcohol motifs (C(OH)–C–C–N with tert-alkyl or cyclic N) is 1. The van der Waals surface area contributed by atoms with Gasteiger partial charge in [0, 0.05) is 25.7 Å². The lowest BCUT2D eigenvalue weighted by Crippen LogP contribution is -2.31. The van der Waals surface area contributed by atoms with Crippen LogP contribution < -0.4 is 4.74 Å². The van der Waals surface area contributed by atoms with Crippen LogP contribution in [0.3, 0.4) is 0 Å². The van der Waals surface area contributed by atoms with Crippen molar-refractivity contribution in [1.82, 2.24) is 19.9 Å². The first kappa shape index (κ1) is 16.9. The van der Waals surface area contributed by atoms with Gasteiger partial charge in [-0.2, -0.15) is 0 Å². The molecular formula is C18H26N4O2. The third-order valence-electron chi connectivity index (χ3n) is 4.46. The van der Waals surface area contributed by atoms with Crippen molar-refractivity contribution in [2.45, 2.75) is 45.4 Å². The van der Waals surface area contributed by atoms with Gasteiger partial charge in [0.15, 0.2) is 0 Å². The van der Waals surface area contributed by atoms with E-state index in [0.717, 1.165) is 18.8 Å². The molecule has 130 valence electrons. The molecule has 0 aliphatic carbocycles. The van der Waals surface area contributed by atoms with E-state index in [1.807, 2.05) is 25.3 Å². The lowest BCUT2D eigenvalue weighted by atomic mass is 10.00. The molecule has 24 heavy (non-hydrogen) atoms. The maximum atomic E-state index is 11.0. The molecular weight excluding hydrogens is 304 g/mol. The topological polar surface area (TPSA) is 63.4 Å². The van der Waals surface area contributed by atoms with Gasteiger partial charge in [0.2, 0.25) is 0 Å². The van der Waals surface area contributed by atoms with E-state index >= 15 is 0 Å². The highest BCUT2D eigenvalue weighted by molar-refractivity contribution is 5.28. The molecule has 1 saturated heterocycles. The molecule has 2 aromatic rings. The Hall–Kier alpha value is -1.92. The molecule has 6 nitrogen and oxygen atoms in total. The summed E-state index contributed by atoms with van der Waals surface area (Å²) in [6.45, 7) is 8.95. The van der Waals surface area contributed by atoms with Gasteiger partial charge in [0.25, 0.3) is 0 Å². The predicted octanol–water partition coefficient (Wildman–Crippen LogP) is 2.35. The van der Waals surface area contributed by atoms with Crippen LogP contribution >= 0.6 is 0 Å². The normalized spacial score (nSPS) is 21.5. The summed E-state index contributed by atoms with van der Waals surface area (Å²) < 4.78 is 7.35. The van der Waals surface area contributed by atoms with Crippen LogP contribution in [0.1, 0.15) is 44.5 Å². The summed E-state index contributed by atoms with van der Waals surface area (Å²) >= 11 is 0. The average Bonchev–Trinajstić information content (AvgIpc) is 3.16. The minimum atomic E-state index is -0.912. The maximum Gasteiger partial charge on any atom is 0.124 e. The van der Waals surface area contributed by atoms with Gasteiger partial charge in [-0.15, -0.1) is 5.10 Å². The highest BCUT2D eigenvalue weighted by Crippen LogP contribution is 2.31. The molecule has 1 N–H and O–H groups in total. The summed E-state index contributed by atoms with van der Waals surface area (Å²) in [4.78, 5) is 2.25. The zero-order valence-electron chi connectivity index (χ0n) is 14.6. The van der Waals surface area contributed by atoms with E-state index < -0.39 is 5.60 Å². The van der Waals surface area contributed by atoms with Crippen molar-refractivity contribution < 1.29 is 9.84 Å². The number of hydrogen-bond acceptors (Lipinski definition) is 5. The van der Waals surface area contributed by atoms with Gasteiger partial charge < -0.3 is 9.84 Å². The molecule has 0 spiro atoms. The summed E-state index contributed by atoms with van der Waals surface area (Å²) in [5, 5.41) is 19.3. The highest BCUT2D eigenvalue weighted by Gasteiger charge is 2.40. The fraction of sp³-hybridized carbons (Fsp3) is 0.556. The van der Waals surface area contributed by atoms with Crippen molar-refractivity contribution in [2.24, 2.45) is 0 Å². The predicted molar refractivity (Wildman–Crippen MR) is 91.8 cm³/mol. The first-order chi connectivity index (χ1) is 11.5. The summed E-state index contributed by atoms with van der Waals surface area (Å²) in [6, 6.07) is 8.38. The quantitative estimate of drug-likeness (QED) is 0.881. The SMILES string of the molecule is CCOc1cccc(CN2CC[C@@](O)(c3cn(C(C)C)nn3)C2)c1. The average molecular weight is 330 g/mol. The molecule has 3 rings (SSSR count). The van der Waals surface area contributed by atoms with Gasteiger partial charge in [-0.25, -0.2) is 4.68 Å². The van der Waals surface area contributed by atoms with Gasteiger partial charge in [-0.3, -0.25) is 4.90 Å². The van der Waals surface area contributed by atoms with E-state index in [0.29, 0.717) is 25.3 Å². The van der Waals surface area contributed by atoms with E-state index in [4.69, 9.17) is 4.74 Å². The van der Waals surface area contributed by atoms with Gasteiger partial charge in [-0.1, -0.05) is 17.3 Å². The van der Waals surface area contributed by atoms with Crippen molar-refractivity contribution in [3.05, 3.63) is 41.7 Å². The fourth-order valence-electron chi connectivity index (χ4n) is 3.12. The third kappa shape index (κ3) is 3.60. The molecule has 1 aromatic heterocycles. The Morgan fingerprint density at radius 3 is 2.92 bits per heavy atom. The van der Waals surface area contributed by atoms with Crippen LogP contribution in [0.5, 0.6) is 5.75 Å². The van der Waals surface area contributed by atoms with Crippen LogP contribution in [0, 0.1) is 0 Å². The van der Waals surface area contributed by atoms with Gasteiger partial charge in [-0.05, 0) is 44.9 Å². The first-order valence-electron chi connectivity index (χ1n) is 8.59. The second kappa shape index (κ2) is 6.91. The monoisotopic (exact) mass is 330 g/mol. The number of ether oxygens (including phenoxy) is 1. The lowest BCUT2D eigenvalue weighted by Gasteiger charge is -2.21. The van der Waals surface area contributed by atoms with Crippen LogP contribution in [-0.4, -0.2) is 44.7 Å². The Morgan fingerprint density at radius 1 is 1.38 bits per heavy atom. The maximum absolute atomic E-state index is 11.0. The number of aliphatic hydroxyl groups is 1. The summed E-state index contributed by atoms with van der Waals surface area (Å²) in [7, 11) is 0. The number of benzene rings is 1. The standard InChI is InChI=1S/C18H26N4O2/c1-4-24-16-7-5-6-15(10-16)11-21-9-8-18(23,13-21)17-12-22(14(2)3)20-19-17/h5-7,10,12,14,23H,4,8-9,11,13H2,1-3H3/t18-/m0/s1. The molecule has 1 aliphatic heterocycles. The van der Waals surface area contributed by atoms with E-state index in [-0.39, 0.29) is 6.04 Å². The van der Waals surface area contributed by atoms with Gasteiger partial charge in [0.05, 0.1) is 12.8 Å². The summed E-state index contributed by atoms with van der Waals surface area (Å²) in [5.74, 6) is 0.893. The van der Waals surface area contributed by atoms with Crippen LogP contribution in [0.2, 0.25) is 0 Å². The Labute approximate surface area is 143 Å². The molecule has 0 bridgehead atoms. The Balaban J connectivity index is 1.67. The van der Waals surface area contributed by atoms with Gasteiger partial charge in [0.1, 0.15) is 17.0 Å². The second-order valence-corrected chi connectivity index (χ2v) is 6.75. The molecule has 0 radical (unpaired) electrons. The van der Waals surface area contributed by atoms with Crippen LogP contribution in [0.4, 0.5) is 0 Å². The minimum absolute atomic E-state index is 0.244. The van der Waals surface area contributed by atoms with Crippen molar-refractivity contribution in [1.29, 1.82) is 0 Å². The van der Waals surface area contributed by atoms with Crippen molar-refractivity contribution >= 4 is 0 Å². The summed E-state index contributed by atoms with van der Waals surface area (Å²) in [6.07, 6.45) is 2.54. The molecule has 1 aromatic carbocycles. The second-order valence-electron chi connectivity index (χ2n) is 6.75. The molecule has 6 heteroatoms. The molecule has 0 saturated carbocycles. The molecule has 0 unspecified atom stereocenters. The molecule has 1 aliphatic rings. The van der Waals surface area contributed by atoms with Crippen LogP contribution in [0.25, 0.3) is 0 Å². The molecule has 0 amide bonds. The Bertz CT molecular complexity index is 685. The van der Waals surface area contributed by atoms with Crippen molar-refractivity contribution in [2.75, 3.05) is 19.7 Å². The smallest absolute Gasteiger partial charge is 0.124 e. The largest absolute Gasteiger partial charge is 0.494 e. The number of rotatable bonds is 6. The highest BCUT2D eigenvalue weighted by atomic mass is 16.5. The Morgan fingerprint density at radius 2 is 2.21 bits per heavy atom. The minimum Gasteiger partial charge on any atom is -0.494 e. The molecule has 2 heterocycles. The molecule has 1 atom stereocenters. The summed E-state index contributed by atoms with van der Waals surface area (Å²) in [5.41, 5.74) is 0.947. The number of hydrogen-bond donors (Lipinski definition) is 1. The van der Waals surface area contributed by atoms with E-state index in [1.54, 1.807) is 4.68 Å². The van der Waals surface area contributed by atoms with Crippen LogP contribution in [-0.2, 0) is 12.1 Å². The zero-order chi connectivity index (χ0) is 17.2. The third-order valence-corrected chi connectivity index (χ3v) is 4.46. The van der Waals surface area contributed by atoms with Gasteiger partial charge >= 0.3 is 0 Å². The number of likely N-dealkylation sites (tertiary alicyclic amines) is 1. The lowest BCUT2D eigenvalue weighted by molar-refractivity contribution is 0.0408. The molecule has 1 fully saturated rings. The van der Waals surface area contributed by atoms with E-state index in [1.165, 1.54) is 5.56 Å². The van der Waals surface area contributed by atoms with Crippen molar-refractivity contribution in [3.8, 4) is 5.75 Å². The van der Waals surface area contributed by atoms with E-state index in [9.17, 15) is 5.11 Å². The number of nitrogens with zero attached hydrogens (tertiary/aromatic N) is 4. The van der Waals surface area contributed by atoms with E-state index in [2.05, 4.69) is 41.2 Å². The first-order valence-corrected chi connectivity index (χ1v) is 8.59. The number of aromatic nitrogens is 3. The fourth-order valence-corrected chi connectivity index (χ4v) is 3.12. The van der Waals surface area contributed by atoms with Crippen LogP contribution in [0.15, 0.2) is 30.5 Å². The Kier molecular flexibility index (Phi) is 4.87. The zero-order valence-corrected chi connectivity index (χ0v) is 14.6.